The highest BCUT2D eigenvalue weighted by molar-refractivity contribution is 6.04. The molecular weight excluding hydrogens is 511 g/mol. The first-order valence-electron chi connectivity index (χ1n) is 12.6. The number of amides is 1. The number of aromatic nitrogens is 3. The van der Waals surface area contributed by atoms with Crippen LogP contribution in [0.1, 0.15) is 15.9 Å². The maximum atomic E-state index is 13.5. The van der Waals surface area contributed by atoms with Crippen molar-refractivity contribution < 1.29 is 23.4 Å². The summed E-state index contributed by atoms with van der Waals surface area (Å²) < 4.78 is 31.6. The van der Waals surface area contributed by atoms with Crippen molar-refractivity contribution in [3.8, 4) is 34.6 Å². The Bertz CT molecular complexity index is 1580. The van der Waals surface area contributed by atoms with Crippen molar-refractivity contribution in [3.05, 3.63) is 114 Å². The van der Waals surface area contributed by atoms with Crippen LogP contribution >= 0.6 is 0 Å². The number of hydrogen-bond donors (Lipinski definition) is 1. The highest BCUT2D eigenvalue weighted by Gasteiger charge is 2.16. The van der Waals surface area contributed by atoms with E-state index in [4.69, 9.17) is 14.2 Å². The molecule has 5 rings (SSSR count). The number of carbonyl (C=O) groups excluding carboxylic acids is 1. The van der Waals surface area contributed by atoms with Gasteiger partial charge in [-0.05, 0) is 84.4 Å². The fraction of sp³-hybridized carbons (Fsp3) is 0.129. The molecule has 1 amide bonds. The van der Waals surface area contributed by atoms with Gasteiger partial charge in [0.2, 0.25) is 0 Å². The number of nitrogens with zero attached hydrogens (tertiary/aromatic N) is 3. The lowest BCUT2D eigenvalue weighted by Gasteiger charge is -2.09. The lowest BCUT2D eigenvalue weighted by molar-refractivity contribution is 0.102. The number of rotatable bonds is 10. The van der Waals surface area contributed by atoms with Crippen molar-refractivity contribution in [1.82, 2.24) is 14.8 Å². The molecule has 0 fully saturated rings. The molecule has 9 heteroatoms. The fourth-order valence-electron chi connectivity index (χ4n) is 4.03. The third kappa shape index (κ3) is 6.27. The number of anilines is 1. The van der Waals surface area contributed by atoms with Gasteiger partial charge in [0.05, 0.1) is 26.5 Å². The van der Waals surface area contributed by atoms with Crippen LogP contribution in [0.25, 0.3) is 17.1 Å². The van der Waals surface area contributed by atoms with E-state index in [1.807, 2.05) is 60.7 Å². The van der Waals surface area contributed by atoms with E-state index in [0.717, 1.165) is 22.6 Å². The van der Waals surface area contributed by atoms with E-state index in [2.05, 4.69) is 15.4 Å². The number of benzene rings is 4. The number of carbonyl (C=O) groups is 1. The molecule has 0 aliphatic heterocycles. The zero-order valence-electron chi connectivity index (χ0n) is 22.0. The largest absolute Gasteiger partial charge is 0.497 e. The van der Waals surface area contributed by atoms with Crippen LogP contribution in [0.5, 0.6) is 17.5 Å². The van der Waals surface area contributed by atoms with E-state index in [9.17, 15) is 9.18 Å². The molecule has 5 aromatic rings. The van der Waals surface area contributed by atoms with Gasteiger partial charge in [0.15, 0.2) is 5.82 Å². The summed E-state index contributed by atoms with van der Waals surface area (Å²) in [6.07, 6.45) is 0.677. The smallest absolute Gasteiger partial charge is 0.336 e. The van der Waals surface area contributed by atoms with Crippen LogP contribution in [0.3, 0.4) is 0 Å². The third-order valence-corrected chi connectivity index (χ3v) is 6.17. The van der Waals surface area contributed by atoms with Gasteiger partial charge in [0.1, 0.15) is 17.3 Å². The van der Waals surface area contributed by atoms with Crippen LogP contribution in [0.4, 0.5) is 10.1 Å². The van der Waals surface area contributed by atoms with E-state index in [1.54, 1.807) is 37.1 Å². The standard InChI is InChI=1S/C31H27FN4O4/c1-38-27-14-6-21(7-15-27)18-19-40-31-34-29(22-8-16-28(39-2)17-9-22)36(35-31)26-12-10-25(11-13-26)33-30(37)23-4-3-5-24(32)20-23/h3-17,20H,18-19H2,1-2H3,(H,33,37). The molecule has 202 valence electrons. The maximum Gasteiger partial charge on any atom is 0.336 e. The van der Waals surface area contributed by atoms with E-state index in [0.29, 0.717) is 30.2 Å². The molecule has 0 bridgehead atoms. The Morgan fingerprint density at radius 2 is 1.55 bits per heavy atom. The number of methoxy groups -OCH3 is 2. The minimum atomic E-state index is -0.470. The predicted octanol–water partition coefficient (Wildman–Crippen LogP) is 5.96. The first kappa shape index (κ1) is 26.4. The van der Waals surface area contributed by atoms with Gasteiger partial charge in [-0.15, -0.1) is 5.10 Å². The van der Waals surface area contributed by atoms with E-state index < -0.39 is 11.7 Å². The van der Waals surface area contributed by atoms with Crippen molar-refractivity contribution >= 4 is 11.6 Å². The van der Waals surface area contributed by atoms with Crippen molar-refractivity contribution in [2.24, 2.45) is 0 Å². The van der Waals surface area contributed by atoms with Crippen LogP contribution < -0.4 is 19.5 Å². The molecule has 1 heterocycles. The molecule has 0 saturated carbocycles. The summed E-state index contributed by atoms with van der Waals surface area (Å²) in [6.45, 7) is 0.392. The van der Waals surface area contributed by atoms with Gasteiger partial charge in [0, 0.05) is 23.2 Å². The Labute approximate surface area is 231 Å². The third-order valence-electron chi connectivity index (χ3n) is 6.17. The van der Waals surface area contributed by atoms with Crippen LogP contribution in [0.2, 0.25) is 0 Å². The van der Waals surface area contributed by atoms with Gasteiger partial charge < -0.3 is 19.5 Å². The van der Waals surface area contributed by atoms with Gasteiger partial charge in [-0.1, -0.05) is 18.2 Å². The van der Waals surface area contributed by atoms with Crippen molar-refractivity contribution in [3.63, 3.8) is 0 Å². The van der Waals surface area contributed by atoms with Crippen molar-refractivity contribution in [2.75, 3.05) is 26.1 Å². The average molecular weight is 539 g/mol. The maximum absolute atomic E-state index is 13.5. The Morgan fingerprint density at radius 1 is 0.875 bits per heavy atom. The molecule has 0 unspecified atom stereocenters. The lowest BCUT2D eigenvalue weighted by Crippen LogP contribution is -2.12. The van der Waals surface area contributed by atoms with Crippen LogP contribution in [0.15, 0.2) is 97.1 Å². The van der Waals surface area contributed by atoms with Crippen LogP contribution in [0, 0.1) is 5.82 Å². The summed E-state index contributed by atoms with van der Waals surface area (Å²) >= 11 is 0. The topological polar surface area (TPSA) is 87.5 Å². The van der Waals surface area contributed by atoms with Gasteiger partial charge in [-0.2, -0.15) is 4.98 Å². The molecule has 1 N–H and O–H groups in total. The molecule has 1 aromatic heterocycles. The highest BCUT2D eigenvalue weighted by Crippen LogP contribution is 2.26. The molecule has 0 radical (unpaired) electrons. The van der Waals surface area contributed by atoms with Crippen molar-refractivity contribution in [2.45, 2.75) is 6.42 Å². The summed E-state index contributed by atoms with van der Waals surface area (Å²) in [5.41, 5.74) is 3.43. The predicted molar refractivity (Wildman–Crippen MR) is 150 cm³/mol. The molecule has 0 saturated heterocycles. The Kier molecular flexibility index (Phi) is 8.01. The Balaban J connectivity index is 1.35. The van der Waals surface area contributed by atoms with Gasteiger partial charge in [0.25, 0.3) is 5.91 Å². The molecule has 8 nitrogen and oxygen atoms in total. The molecule has 40 heavy (non-hydrogen) atoms. The first-order valence-corrected chi connectivity index (χ1v) is 12.6. The first-order chi connectivity index (χ1) is 19.5. The number of hydrogen-bond acceptors (Lipinski definition) is 6. The summed E-state index contributed by atoms with van der Waals surface area (Å²) in [5, 5.41) is 7.39. The van der Waals surface area contributed by atoms with E-state index in [-0.39, 0.29) is 11.6 Å². The minimum absolute atomic E-state index is 0.235. The SMILES string of the molecule is COc1ccc(CCOc2nc(-c3ccc(OC)cc3)n(-c3ccc(NC(=O)c4cccc(F)c4)cc3)n2)cc1. The lowest BCUT2D eigenvalue weighted by atomic mass is 10.1. The molecule has 0 spiro atoms. The quantitative estimate of drug-likeness (QED) is 0.236. The highest BCUT2D eigenvalue weighted by atomic mass is 19.1. The normalized spacial score (nSPS) is 10.7. The van der Waals surface area contributed by atoms with Crippen molar-refractivity contribution in [1.29, 1.82) is 0 Å². The molecule has 0 aliphatic rings. The minimum Gasteiger partial charge on any atom is -0.497 e. The summed E-state index contributed by atoms with van der Waals surface area (Å²) in [4.78, 5) is 17.2. The molecule has 4 aromatic carbocycles. The number of ether oxygens (including phenoxy) is 3. The molecule has 0 atom stereocenters. The van der Waals surface area contributed by atoms with Gasteiger partial charge >= 0.3 is 6.01 Å². The number of halogens is 1. The molecular formula is C31H27FN4O4. The zero-order chi connectivity index (χ0) is 27.9. The second-order valence-corrected chi connectivity index (χ2v) is 8.82. The van der Waals surface area contributed by atoms with Gasteiger partial charge in [-0.3, -0.25) is 4.79 Å². The van der Waals surface area contributed by atoms with Crippen LogP contribution in [-0.2, 0) is 6.42 Å². The van der Waals surface area contributed by atoms with E-state index in [1.165, 1.54) is 18.2 Å². The monoisotopic (exact) mass is 538 g/mol. The Hall–Kier alpha value is -5.18. The Morgan fingerprint density at radius 3 is 2.20 bits per heavy atom. The summed E-state index contributed by atoms with van der Waals surface area (Å²) in [5.74, 6) is 1.23. The summed E-state index contributed by atoms with van der Waals surface area (Å²) in [7, 11) is 3.25. The average Bonchev–Trinajstić information content (AvgIpc) is 3.42. The second-order valence-electron chi connectivity index (χ2n) is 8.82. The molecule has 0 aliphatic carbocycles. The summed E-state index contributed by atoms with van der Waals surface area (Å²) in [6, 6.07) is 28.2. The fourth-order valence-corrected chi connectivity index (χ4v) is 4.03. The van der Waals surface area contributed by atoms with Crippen LogP contribution in [-0.4, -0.2) is 41.5 Å². The zero-order valence-corrected chi connectivity index (χ0v) is 22.0. The van der Waals surface area contributed by atoms with E-state index >= 15 is 0 Å². The number of nitrogens with one attached hydrogen (secondary N) is 1. The second kappa shape index (κ2) is 12.1. The van der Waals surface area contributed by atoms with Gasteiger partial charge in [-0.25, -0.2) is 9.07 Å².